The number of aryl methyl sites for hydroxylation is 1. The Kier molecular flexibility index (Phi) is 5.78. The highest BCUT2D eigenvalue weighted by Crippen LogP contribution is 2.39. The highest BCUT2D eigenvalue weighted by molar-refractivity contribution is 8.01. The van der Waals surface area contributed by atoms with Gasteiger partial charge in [0, 0.05) is 22.8 Å². The molecule has 0 saturated carbocycles. The van der Waals surface area contributed by atoms with Gasteiger partial charge in [-0.05, 0) is 48.6 Å². The maximum Gasteiger partial charge on any atom is 0.279 e. The number of hydrogen-bond acceptors (Lipinski definition) is 8. The number of anilines is 1. The molecule has 1 heterocycles. The topological polar surface area (TPSA) is 127 Å². The van der Waals surface area contributed by atoms with Gasteiger partial charge in [-0.1, -0.05) is 12.1 Å². The molecule has 29 heavy (non-hydrogen) atoms. The molecule has 7 nitrogen and oxygen atoms in total. The van der Waals surface area contributed by atoms with E-state index in [1.807, 2.05) is 0 Å². The number of hydrogen-bond donors (Lipinski definition) is 2. The summed E-state index contributed by atoms with van der Waals surface area (Å²) in [6.45, 7) is 1.70. The van der Waals surface area contributed by atoms with Gasteiger partial charge in [0.15, 0.2) is 0 Å². The molecule has 0 aliphatic carbocycles. The summed E-state index contributed by atoms with van der Waals surface area (Å²) in [6.07, 6.45) is 2.89. The maximum atomic E-state index is 13.2. The summed E-state index contributed by atoms with van der Waals surface area (Å²) in [4.78, 5) is 11.7. The molecule has 3 rings (SSSR count). The van der Waals surface area contributed by atoms with Crippen LogP contribution in [0.5, 0.6) is 0 Å². The van der Waals surface area contributed by atoms with Crippen molar-refractivity contribution in [2.45, 2.75) is 20.9 Å². The average Bonchev–Trinajstić information content (AvgIpc) is 3.12. The van der Waals surface area contributed by atoms with E-state index in [2.05, 4.69) is 0 Å². The Bertz CT molecular complexity index is 1230. The minimum atomic E-state index is -3.86. The molecule has 3 aromatic rings. The second-order valence-corrected chi connectivity index (χ2v) is 10.2. The third kappa shape index (κ3) is 3.91. The molecule has 0 atom stereocenters. The van der Waals surface area contributed by atoms with Gasteiger partial charge in [0.1, 0.15) is 0 Å². The number of benzene rings is 2. The van der Waals surface area contributed by atoms with Crippen molar-refractivity contribution in [1.82, 2.24) is 0 Å². The molecule has 0 aliphatic heterocycles. The first-order valence-corrected chi connectivity index (χ1v) is 11.8. The first kappa shape index (κ1) is 21.0. The van der Waals surface area contributed by atoms with Crippen LogP contribution >= 0.6 is 23.1 Å². The minimum absolute atomic E-state index is 0.0325. The molecule has 10 heteroatoms. The van der Waals surface area contributed by atoms with Gasteiger partial charge in [0.25, 0.3) is 5.69 Å². The number of nitrogens with zero attached hydrogens (tertiary/aromatic N) is 1. The number of nitro groups is 1. The number of rotatable bonds is 6. The largest absolute Gasteiger partial charge is 0.399 e. The first-order valence-electron chi connectivity index (χ1n) is 8.27. The summed E-state index contributed by atoms with van der Waals surface area (Å²) >= 11 is 2.53. The van der Waals surface area contributed by atoms with Crippen molar-refractivity contribution in [2.75, 3.05) is 12.0 Å². The van der Waals surface area contributed by atoms with Crippen molar-refractivity contribution in [2.24, 2.45) is 0 Å². The van der Waals surface area contributed by atoms with Crippen LogP contribution in [0, 0.1) is 22.4 Å². The summed E-state index contributed by atoms with van der Waals surface area (Å²) in [5.41, 5.74) is 7.17. The Morgan fingerprint density at radius 3 is 2.59 bits per heavy atom. The molecule has 0 saturated heterocycles. The number of nitrogens with one attached hydrogen (secondary N) is 1. The normalized spacial score (nSPS) is 11.4. The predicted molar refractivity (Wildman–Crippen MR) is 117 cm³/mol. The standard InChI is InChI=1S/C19H17N3O4S3/c1-11-6-13(21)8-16(22(23)24)18(11)12-4-3-5-15(7-12)29(25,26)17-9-14(10-20)28-19(17)27-2/h3-10,20H,21H2,1-2H3. The van der Waals surface area contributed by atoms with Gasteiger partial charge < -0.3 is 11.1 Å². The van der Waals surface area contributed by atoms with Gasteiger partial charge in [-0.3, -0.25) is 10.1 Å². The van der Waals surface area contributed by atoms with E-state index in [0.717, 1.165) is 6.21 Å². The van der Waals surface area contributed by atoms with E-state index >= 15 is 0 Å². The molecule has 0 spiro atoms. The van der Waals surface area contributed by atoms with Gasteiger partial charge in [-0.25, -0.2) is 8.42 Å². The lowest BCUT2D eigenvalue weighted by Gasteiger charge is -2.11. The summed E-state index contributed by atoms with van der Waals surface area (Å²) in [6, 6.07) is 10.5. The van der Waals surface area contributed by atoms with E-state index in [1.54, 1.807) is 31.4 Å². The smallest absolute Gasteiger partial charge is 0.279 e. The lowest BCUT2D eigenvalue weighted by molar-refractivity contribution is -0.384. The predicted octanol–water partition coefficient (Wildman–Crippen LogP) is 4.77. The van der Waals surface area contributed by atoms with Crippen LogP contribution in [-0.4, -0.2) is 25.8 Å². The quantitative estimate of drug-likeness (QED) is 0.184. The highest BCUT2D eigenvalue weighted by atomic mass is 32.2. The van der Waals surface area contributed by atoms with Gasteiger partial charge in [0.2, 0.25) is 9.84 Å². The number of thiophene rings is 1. The zero-order valence-electron chi connectivity index (χ0n) is 15.5. The summed E-state index contributed by atoms with van der Waals surface area (Å²) in [5, 5.41) is 18.9. The lowest BCUT2D eigenvalue weighted by Crippen LogP contribution is -2.03. The zero-order chi connectivity index (χ0) is 21.3. The molecule has 0 radical (unpaired) electrons. The SMILES string of the molecule is CSc1sc(C=N)cc1S(=O)(=O)c1cccc(-c2c(C)cc(N)cc2[N+](=O)[O-])c1. The Morgan fingerprint density at radius 1 is 1.24 bits per heavy atom. The molecular weight excluding hydrogens is 430 g/mol. The van der Waals surface area contributed by atoms with Crippen molar-refractivity contribution >= 4 is 50.5 Å². The van der Waals surface area contributed by atoms with Crippen molar-refractivity contribution < 1.29 is 13.3 Å². The summed E-state index contributed by atoms with van der Waals surface area (Å²) < 4.78 is 27.1. The molecule has 0 aliphatic rings. The monoisotopic (exact) mass is 447 g/mol. The molecule has 2 aromatic carbocycles. The molecule has 0 unspecified atom stereocenters. The Morgan fingerprint density at radius 2 is 1.97 bits per heavy atom. The van der Waals surface area contributed by atoms with Crippen molar-refractivity contribution in [3.63, 3.8) is 0 Å². The number of nitrogen functional groups attached to an aromatic ring is 1. The van der Waals surface area contributed by atoms with Gasteiger partial charge >= 0.3 is 0 Å². The third-order valence-corrected chi connectivity index (χ3v) is 8.52. The summed E-state index contributed by atoms with van der Waals surface area (Å²) in [7, 11) is -3.86. The number of sulfone groups is 1. The van der Waals surface area contributed by atoms with Gasteiger partial charge in [0.05, 0.1) is 24.5 Å². The van der Waals surface area contributed by atoms with E-state index < -0.39 is 14.8 Å². The average molecular weight is 448 g/mol. The molecule has 150 valence electrons. The number of nitrogens with two attached hydrogens (primary N) is 1. The zero-order valence-corrected chi connectivity index (χ0v) is 18.0. The van der Waals surface area contributed by atoms with Crippen molar-refractivity contribution in [3.05, 3.63) is 63.0 Å². The Hall–Kier alpha value is -2.69. The van der Waals surface area contributed by atoms with Crippen LogP contribution in [-0.2, 0) is 9.84 Å². The van der Waals surface area contributed by atoms with Crippen LogP contribution in [0.4, 0.5) is 11.4 Å². The Labute approximate surface area is 176 Å². The summed E-state index contributed by atoms with van der Waals surface area (Å²) in [5.74, 6) is 0. The van der Waals surface area contributed by atoms with Crippen LogP contribution < -0.4 is 5.73 Å². The Balaban J connectivity index is 2.21. The van der Waals surface area contributed by atoms with E-state index in [1.165, 1.54) is 47.4 Å². The third-order valence-electron chi connectivity index (χ3n) is 4.27. The van der Waals surface area contributed by atoms with Crippen LogP contribution in [0.15, 0.2) is 56.5 Å². The molecule has 1 aromatic heterocycles. The fourth-order valence-corrected chi connectivity index (χ4v) is 6.93. The minimum Gasteiger partial charge on any atom is -0.399 e. The number of nitro benzene ring substituents is 1. The first-order chi connectivity index (χ1) is 13.7. The lowest BCUT2D eigenvalue weighted by atomic mass is 9.98. The number of thioether (sulfide) groups is 1. The fraction of sp³-hybridized carbons (Fsp3) is 0.105. The van der Waals surface area contributed by atoms with Gasteiger partial charge in [-0.2, -0.15) is 0 Å². The van der Waals surface area contributed by atoms with Crippen LogP contribution in [0.3, 0.4) is 0 Å². The molecular formula is C19H17N3O4S3. The van der Waals surface area contributed by atoms with Crippen LogP contribution in [0.25, 0.3) is 11.1 Å². The second kappa shape index (κ2) is 7.97. The van der Waals surface area contributed by atoms with Gasteiger partial charge in [-0.15, -0.1) is 23.1 Å². The fourth-order valence-electron chi connectivity index (χ4n) is 3.04. The molecule has 0 amide bonds. The van der Waals surface area contributed by atoms with Crippen LogP contribution in [0.2, 0.25) is 0 Å². The van der Waals surface area contributed by atoms with E-state index in [0.29, 0.717) is 25.8 Å². The molecule has 0 bridgehead atoms. The van der Waals surface area contributed by atoms with E-state index in [9.17, 15) is 18.5 Å². The molecule has 3 N–H and O–H groups in total. The second-order valence-electron chi connectivity index (χ2n) is 6.17. The van der Waals surface area contributed by atoms with Crippen molar-refractivity contribution in [3.8, 4) is 11.1 Å². The van der Waals surface area contributed by atoms with Crippen molar-refractivity contribution in [1.29, 1.82) is 5.41 Å². The highest BCUT2D eigenvalue weighted by Gasteiger charge is 2.26. The van der Waals surface area contributed by atoms with Crippen LogP contribution in [0.1, 0.15) is 10.4 Å². The van der Waals surface area contributed by atoms with E-state index in [4.69, 9.17) is 11.1 Å². The molecule has 0 fully saturated rings. The maximum absolute atomic E-state index is 13.2. The van der Waals surface area contributed by atoms with E-state index in [-0.39, 0.29) is 21.2 Å².